The van der Waals surface area contributed by atoms with Gasteiger partial charge in [0, 0.05) is 6.61 Å². The second-order valence-electron chi connectivity index (χ2n) is 4.02. The van der Waals surface area contributed by atoms with E-state index in [4.69, 9.17) is 11.2 Å². The Hall–Kier alpha value is -2.32. The van der Waals surface area contributed by atoms with E-state index >= 15 is 0 Å². The number of benzene rings is 1. The zero-order chi connectivity index (χ0) is 15.0. The standard InChI is InChI=1S/C15H18N2O3/c1-4-10-16-15(19)12-8-6-7-9-13(12)17-14(18)11(3)20-5-2/h1,6-9,11H,5,10H2,2-3H3,(H,16,19)(H,17,18). The van der Waals surface area contributed by atoms with E-state index in [9.17, 15) is 9.59 Å². The Labute approximate surface area is 118 Å². The van der Waals surface area contributed by atoms with Crippen molar-refractivity contribution >= 4 is 17.5 Å². The Bertz CT molecular complexity index is 520. The zero-order valence-corrected chi connectivity index (χ0v) is 11.6. The van der Waals surface area contributed by atoms with Gasteiger partial charge >= 0.3 is 0 Å². The number of amides is 2. The lowest BCUT2D eigenvalue weighted by molar-refractivity contribution is -0.126. The molecule has 106 valence electrons. The predicted octanol–water partition coefficient (Wildman–Crippen LogP) is 1.41. The van der Waals surface area contributed by atoms with Gasteiger partial charge in [-0.3, -0.25) is 9.59 Å². The van der Waals surface area contributed by atoms with Gasteiger partial charge in [-0.1, -0.05) is 18.1 Å². The highest BCUT2D eigenvalue weighted by Crippen LogP contribution is 2.15. The molecule has 5 nitrogen and oxygen atoms in total. The monoisotopic (exact) mass is 274 g/mol. The minimum atomic E-state index is -0.582. The number of hydrogen-bond acceptors (Lipinski definition) is 3. The molecule has 2 N–H and O–H groups in total. The molecule has 1 aromatic carbocycles. The third-order valence-corrected chi connectivity index (χ3v) is 2.57. The fraction of sp³-hybridized carbons (Fsp3) is 0.333. The molecule has 1 unspecified atom stereocenters. The summed E-state index contributed by atoms with van der Waals surface area (Å²) in [5.74, 6) is 1.69. The number of hydrogen-bond donors (Lipinski definition) is 2. The van der Waals surface area contributed by atoms with Gasteiger partial charge in [0.15, 0.2) is 0 Å². The highest BCUT2D eigenvalue weighted by Gasteiger charge is 2.16. The van der Waals surface area contributed by atoms with Crippen molar-refractivity contribution < 1.29 is 14.3 Å². The third-order valence-electron chi connectivity index (χ3n) is 2.57. The van der Waals surface area contributed by atoms with Crippen LogP contribution in [0.2, 0.25) is 0 Å². The van der Waals surface area contributed by atoms with Crippen molar-refractivity contribution in [3.05, 3.63) is 29.8 Å². The summed E-state index contributed by atoms with van der Waals surface area (Å²) in [7, 11) is 0. The number of rotatable bonds is 6. The fourth-order valence-corrected chi connectivity index (χ4v) is 1.58. The Balaban J connectivity index is 2.83. The van der Waals surface area contributed by atoms with Crippen molar-refractivity contribution in [2.75, 3.05) is 18.5 Å². The summed E-state index contributed by atoms with van der Waals surface area (Å²) in [5.41, 5.74) is 0.790. The van der Waals surface area contributed by atoms with E-state index in [0.717, 1.165) is 0 Å². The average Bonchev–Trinajstić information content (AvgIpc) is 2.45. The number of ether oxygens (including phenoxy) is 1. The Morgan fingerprint density at radius 1 is 1.40 bits per heavy atom. The van der Waals surface area contributed by atoms with E-state index in [0.29, 0.717) is 17.9 Å². The van der Waals surface area contributed by atoms with E-state index < -0.39 is 6.10 Å². The summed E-state index contributed by atoms with van der Waals surface area (Å²) in [6, 6.07) is 6.72. The van der Waals surface area contributed by atoms with Crippen LogP contribution < -0.4 is 10.6 Å². The van der Waals surface area contributed by atoms with E-state index in [1.807, 2.05) is 6.92 Å². The second-order valence-corrected chi connectivity index (χ2v) is 4.02. The number of carbonyl (C=O) groups is 2. The predicted molar refractivity (Wildman–Crippen MR) is 77.3 cm³/mol. The van der Waals surface area contributed by atoms with E-state index in [2.05, 4.69) is 16.6 Å². The van der Waals surface area contributed by atoms with Crippen LogP contribution in [-0.2, 0) is 9.53 Å². The summed E-state index contributed by atoms with van der Waals surface area (Å²) < 4.78 is 5.20. The largest absolute Gasteiger partial charge is 0.369 e. The van der Waals surface area contributed by atoms with E-state index in [1.165, 1.54) is 0 Å². The molecule has 5 heteroatoms. The highest BCUT2D eigenvalue weighted by molar-refractivity contribution is 6.04. The van der Waals surface area contributed by atoms with Crippen LogP contribution in [0.15, 0.2) is 24.3 Å². The van der Waals surface area contributed by atoms with Gasteiger partial charge in [-0.25, -0.2) is 0 Å². The van der Waals surface area contributed by atoms with Crippen molar-refractivity contribution in [1.29, 1.82) is 0 Å². The van der Waals surface area contributed by atoms with Crippen LogP contribution >= 0.6 is 0 Å². The van der Waals surface area contributed by atoms with Crippen molar-refractivity contribution in [2.24, 2.45) is 0 Å². The molecule has 0 bridgehead atoms. The number of anilines is 1. The average molecular weight is 274 g/mol. The number of carbonyl (C=O) groups excluding carboxylic acids is 2. The maximum atomic E-state index is 11.9. The molecule has 0 spiro atoms. The molecule has 0 fully saturated rings. The molecule has 0 heterocycles. The van der Waals surface area contributed by atoms with Crippen LogP contribution in [0.3, 0.4) is 0 Å². The molecule has 0 saturated carbocycles. The zero-order valence-electron chi connectivity index (χ0n) is 11.6. The molecule has 0 aliphatic rings. The van der Waals surface area contributed by atoms with E-state index in [-0.39, 0.29) is 18.4 Å². The summed E-state index contributed by atoms with van der Waals surface area (Å²) >= 11 is 0. The summed E-state index contributed by atoms with van der Waals surface area (Å²) in [5, 5.41) is 5.24. The molecule has 1 atom stereocenters. The van der Waals surface area contributed by atoms with Crippen LogP contribution in [0.5, 0.6) is 0 Å². The van der Waals surface area contributed by atoms with Gasteiger partial charge in [0.1, 0.15) is 6.10 Å². The molecule has 0 aliphatic heterocycles. The first-order chi connectivity index (χ1) is 9.60. The maximum absolute atomic E-state index is 11.9. The van der Waals surface area contributed by atoms with Gasteiger partial charge in [-0.05, 0) is 26.0 Å². The highest BCUT2D eigenvalue weighted by atomic mass is 16.5. The lowest BCUT2D eigenvalue weighted by Crippen LogP contribution is -2.30. The van der Waals surface area contributed by atoms with Gasteiger partial charge < -0.3 is 15.4 Å². The lowest BCUT2D eigenvalue weighted by atomic mass is 10.1. The van der Waals surface area contributed by atoms with Gasteiger partial charge in [0.05, 0.1) is 17.8 Å². The van der Waals surface area contributed by atoms with Gasteiger partial charge in [-0.2, -0.15) is 0 Å². The van der Waals surface area contributed by atoms with Gasteiger partial charge in [0.2, 0.25) is 0 Å². The van der Waals surface area contributed by atoms with Crippen LogP contribution in [0.25, 0.3) is 0 Å². The summed E-state index contributed by atoms with van der Waals surface area (Å²) in [6.07, 6.45) is 4.51. The lowest BCUT2D eigenvalue weighted by Gasteiger charge is -2.14. The van der Waals surface area contributed by atoms with Crippen molar-refractivity contribution in [3.63, 3.8) is 0 Å². The summed E-state index contributed by atoms with van der Waals surface area (Å²) in [4.78, 5) is 23.8. The number of para-hydroxylation sites is 1. The van der Waals surface area contributed by atoms with Crippen molar-refractivity contribution in [1.82, 2.24) is 5.32 Å². The molecule has 2 amide bonds. The smallest absolute Gasteiger partial charge is 0.254 e. The van der Waals surface area contributed by atoms with Crippen LogP contribution in [0.1, 0.15) is 24.2 Å². The Kier molecular flexibility index (Phi) is 6.27. The topological polar surface area (TPSA) is 67.4 Å². The van der Waals surface area contributed by atoms with Crippen molar-refractivity contribution in [2.45, 2.75) is 20.0 Å². The normalized spacial score (nSPS) is 11.2. The first-order valence-electron chi connectivity index (χ1n) is 6.33. The fourth-order valence-electron chi connectivity index (χ4n) is 1.58. The molecule has 0 radical (unpaired) electrons. The number of nitrogens with one attached hydrogen (secondary N) is 2. The first kappa shape index (κ1) is 15.7. The Morgan fingerprint density at radius 2 is 2.10 bits per heavy atom. The molecule has 0 aromatic heterocycles. The second kappa shape index (κ2) is 7.97. The minimum absolute atomic E-state index is 0.135. The summed E-state index contributed by atoms with van der Waals surface area (Å²) in [6.45, 7) is 4.04. The van der Waals surface area contributed by atoms with E-state index in [1.54, 1.807) is 31.2 Å². The van der Waals surface area contributed by atoms with Crippen molar-refractivity contribution in [3.8, 4) is 12.3 Å². The molecule has 1 rings (SSSR count). The van der Waals surface area contributed by atoms with Gasteiger partial charge in [-0.15, -0.1) is 6.42 Å². The minimum Gasteiger partial charge on any atom is -0.369 e. The quantitative estimate of drug-likeness (QED) is 0.771. The molecule has 20 heavy (non-hydrogen) atoms. The molecule has 1 aromatic rings. The molecule has 0 saturated heterocycles. The molecular formula is C15H18N2O3. The van der Waals surface area contributed by atoms with Crippen LogP contribution in [-0.4, -0.2) is 31.1 Å². The molecular weight excluding hydrogens is 256 g/mol. The van der Waals surface area contributed by atoms with Crippen LogP contribution in [0.4, 0.5) is 5.69 Å². The Morgan fingerprint density at radius 3 is 2.75 bits per heavy atom. The first-order valence-corrected chi connectivity index (χ1v) is 6.33. The maximum Gasteiger partial charge on any atom is 0.254 e. The SMILES string of the molecule is C#CCNC(=O)c1ccccc1NC(=O)C(C)OCC. The third kappa shape index (κ3) is 4.41. The van der Waals surface area contributed by atoms with Gasteiger partial charge in [0.25, 0.3) is 11.8 Å². The van der Waals surface area contributed by atoms with Crippen LogP contribution in [0, 0.1) is 12.3 Å². The number of terminal acetylenes is 1. The molecule has 0 aliphatic carbocycles.